The summed E-state index contributed by atoms with van der Waals surface area (Å²) in [6, 6.07) is 4.00. The van der Waals surface area contributed by atoms with Gasteiger partial charge in [0.25, 0.3) is 0 Å². The van der Waals surface area contributed by atoms with E-state index in [-0.39, 0.29) is 0 Å². The fourth-order valence-electron chi connectivity index (χ4n) is 1.35. The summed E-state index contributed by atoms with van der Waals surface area (Å²) >= 11 is 5.04. The fourth-order valence-corrected chi connectivity index (χ4v) is 2.74. The van der Waals surface area contributed by atoms with E-state index in [1.54, 1.807) is 11.3 Å². The number of nitrogen functional groups attached to an aromatic ring is 1. The van der Waals surface area contributed by atoms with E-state index in [2.05, 4.69) is 25.9 Å². The Morgan fingerprint density at radius 2 is 2.00 bits per heavy atom. The van der Waals surface area contributed by atoms with Gasteiger partial charge in [0, 0.05) is 0 Å². The Kier molecular flexibility index (Phi) is 2.75. The van der Waals surface area contributed by atoms with Gasteiger partial charge in [0.2, 0.25) is 0 Å². The highest BCUT2D eigenvalue weighted by Crippen LogP contribution is 2.33. The molecule has 2 heterocycles. The van der Waals surface area contributed by atoms with Gasteiger partial charge < -0.3 is 5.73 Å². The summed E-state index contributed by atoms with van der Waals surface area (Å²) in [7, 11) is 0. The van der Waals surface area contributed by atoms with Crippen molar-refractivity contribution in [3.8, 4) is 10.6 Å². The summed E-state index contributed by atoms with van der Waals surface area (Å²) in [5.41, 5.74) is 8.29. The Hall–Kier alpha value is -0.940. The molecule has 0 fully saturated rings. The number of halogens is 1. The highest BCUT2D eigenvalue weighted by atomic mass is 79.9. The summed E-state index contributed by atoms with van der Waals surface area (Å²) in [4.78, 5) is 9.66. The number of aromatic nitrogens is 2. The first kappa shape index (κ1) is 10.6. The zero-order valence-electron chi connectivity index (χ0n) is 8.41. The maximum atomic E-state index is 5.96. The van der Waals surface area contributed by atoms with E-state index in [9.17, 15) is 0 Å². The lowest BCUT2D eigenvalue weighted by atomic mass is 10.2. The molecule has 0 aliphatic carbocycles. The molecule has 0 amide bonds. The van der Waals surface area contributed by atoms with Gasteiger partial charge in [-0.25, -0.2) is 9.97 Å². The van der Waals surface area contributed by atoms with Crippen LogP contribution in [0.4, 0.5) is 5.69 Å². The molecule has 0 aliphatic heterocycles. The third kappa shape index (κ3) is 2.03. The molecule has 0 aliphatic rings. The molecule has 0 aromatic carbocycles. The van der Waals surface area contributed by atoms with Crippen LogP contribution in [0.25, 0.3) is 10.6 Å². The second-order valence-corrected chi connectivity index (χ2v) is 5.69. The van der Waals surface area contributed by atoms with Gasteiger partial charge in [0.1, 0.15) is 11.5 Å². The number of aryl methyl sites for hydroxylation is 2. The molecule has 2 aromatic heterocycles. The molecule has 2 N–H and O–H groups in total. The summed E-state index contributed by atoms with van der Waals surface area (Å²) < 4.78 is 1.07. The van der Waals surface area contributed by atoms with Crippen LogP contribution < -0.4 is 5.73 Å². The lowest BCUT2D eigenvalue weighted by molar-refractivity contribution is 1.02. The van der Waals surface area contributed by atoms with E-state index < -0.39 is 0 Å². The van der Waals surface area contributed by atoms with E-state index in [4.69, 9.17) is 5.73 Å². The van der Waals surface area contributed by atoms with E-state index in [1.165, 1.54) is 0 Å². The van der Waals surface area contributed by atoms with Crippen LogP contribution in [0, 0.1) is 13.8 Å². The Bertz CT molecular complexity index is 507. The quantitative estimate of drug-likeness (QED) is 0.875. The Morgan fingerprint density at radius 1 is 1.27 bits per heavy atom. The molecule has 0 atom stereocenters. The molecule has 0 spiro atoms. The van der Waals surface area contributed by atoms with Crippen LogP contribution in [0.1, 0.15) is 11.5 Å². The van der Waals surface area contributed by atoms with Gasteiger partial charge in [0.05, 0.1) is 20.0 Å². The van der Waals surface area contributed by atoms with Crippen LogP contribution in [-0.2, 0) is 0 Å². The minimum Gasteiger partial charge on any atom is -0.395 e. The molecule has 3 nitrogen and oxygen atoms in total. The third-order valence-electron chi connectivity index (χ3n) is 2.05. The maximum Gasteiger partial charge on any atom is 0.126 e. The number of anilines is 1. The lowest BCUT2D eigenvalue weighted by Crippen LogP contribution is -2.01. The molecule has 0 unspecified atom stereocenters. The van der Waals surface area contributed by atoms with E-state index in [1.807, 2.05) is 26.0 Å². The summed E-state index contributed by atoms with van der Waals surface area (Å²) in [5, 5.41) is 0. The zero-order valence-corrected chi connectivity index (χ0v) is 10.8. The van der Waals surface area contributed by atoms with Crippen molar-refractivity contribution < 1.29 is 0 Å². The van der Waals surface area contributed by atoms with E-state index in [0.717, 1.165) is 25.9 Å². The van der Waals surface area contributed by atoms with Crippen molar-refractivity contribution in [1.29, 1.82) is 0 Å². The molecule has 2 aromatic rings. The molecule has 0 bridgehead atoms. The molecule has 0 saturated heterocycles. The van der Waals surface area contributed by atoms with Gasteiger partial charge in [-0.3, -0.25) is 0 Å². The number of nitrogens with zero attached hydrogens (tertiary/aromatic N) is 2. The number of rotatable bonds is 1. The SMILES string of the molecule is Cc1nc(C)c(N)c(-c2ccc(Br)s2)n1. The second kappa shape index (κ2) is 3.90. The smallest absolute Gasteiger partial charge is 0.126 e. The number of nitrogens with two attached hydrogens (primary N) is 1. The molecule has 78 valence electrons. The minimum absolute atomic E-state index is 0.662. The van der Waals surface area contributed by atoms with Crippen molar-refractivity contribution in [3.05, 3.63) is 27.4 Å². The van der Waals surface area contributed by atoms with Crippen LogP contribution >= 0.6 is 27.3 Å². The van der Waals surface area contributed by atoms with Gasteiger partial charge in [-0.1, -0.05) is 0 Å². The average molecular weight is 284 g/mol. The molecule has 2 rings (SSSR count). The maximum absolute atomic E-state index is 5.96. The Balaban J connectivity index is 2.62. The second-order valence-electron chi connectivity index (χ2n) is 3.22. The summed E-state index contributed by atoms with van der Waals surface area (Å²) in [5.74, 6) is 0.751. The van der Waals surface area contributed by atoms with Crippen LogP contribution in [0.2, 0.25) is 0 Å². The van der Waals surface area contributed by atoms with Gasteiger partial charge in [-0.2, -0.15) is 0 Å². The first-order valence-electron chi connectivity index (χ1n) is 4.44. The van der Waals surface area contributed by atoms with Crippen LogP contribution in [0.15, 0.2) is 15.9 Å². The molecule has 5 heteroatoms. The average Bonchev–Trinajstić information content (AvgIpc) is 2.58. The van der Waals surface area contributed by atoms with Crippen LogP contribution in [0.5, 0.6) is 0 Å². The molecule has 0 radical (unpaired) electrons. The predicted octanol–water partition coefficient (Wildman–Crippen LogP) is 3.17. The standard InChI is InChI=1S/C10H10BrN3S/c1-5-9(12)10(14-6(2)13-5)7-3-4-8(11)15-7/h3-4H,12H2,1-2H3. The van der Waals surface area contributed by atoms with Crippen molar-refractivity contribution in [2.75, 3.05) is 5.73 Å². The summed E-state index contributed by atoms with van der Waals surface area (Å²) in [6.45, 7) is 3.77. The molecule has 0 saturated carbocycles. The van der Waals surface area contributed by atoms with Gasteiger partial charge in [-0.05, 0) is 41.9 Å². The highest BCUT2D eigenvalue weighted by molar-refractivity contribution is 9.11. The number of hydrogen-bond donors (Lipinski definition) is 1. The van der Waals surface area contributed by atoms with Crippen molar-refractivity contribution in [1.82, 2.24) is 9.97 Å². The first-order valence-corrected chi connectivity index (χ1v) is 6.05. The van der Waals surface area contributed by atoms with Gasteiger partial charge >= 0.3 is 0 Å². The molecular formula is C10H10BrN3S. The van der Waals surface area contributed by atoms with Crippen molar-refractivity contribution in [2.24, 2.45) is 0 Å². The number of hydrogen-bond acceptors (Lipinski definition) is 4. The molecule has 15 heavy (non-hydrogen) atoms. The Labute approximate surface area is 101 Å². The van der Waals surface area contributed by atoms with Crippen LogP contribution in [-0.4, -0.2) is 9.97 Å². The minimum atomic E-state index is 0.662. The Morgan fingerprint density at radius 3 is 2.60 bits per heavy atom. The van der Waals surface area contributed by atoms with Gasteiger partial charge in [-0.15, -0.1) is 11.3 Å². The largest absolute Gasteiger partial charge is 0.395 e. The lowest BCUT2D eigenvalue weighted by Gasteiger charge is -2.06. The topological polar surface area (TPSA) is 51.8 Å². The van der Waals surface area contributed by atoms with Crippen molar-refractivity contribution in [3.63, 3.8) is 0 Å². The van der Waals surface area contributed by atoms with E-state index >= 15 is 0 Å². The highest BCUT2D eigenvalue weighted by Gasteiger charge is 2.10. The monoisotopic (exact) mass is 283 g/mol. The third-order valence-corrected chi connectivity index (χ3v) is 3.68. The van der Waals surface area contributed by atoms with E-state index in [0.29, 0.717) is 5.69 Å². The van der Waals surface area contributed by atoms with Crippen LogP contribution in [0.3, 0.4) is 0 Å². The normalized spacial score (nSPS) is 10.6. The first-order chi connectivity index (χ1) is 7.08. The molecular weight excluding hydrogens is 274 g/mol. The fraction of sp³-hybridized carbons (Fsp3) is 0.200. The number of thiophene rings is 1. The van der Waals surface area contributed by atoms with Crippen molar-refractivity contribution in [2.45, 2.75) is 13.8 Å². The van der Waals surface area contributed by atoms with Crippen molar-refractivity contribution >= 4 is 33.0 Å². The predicted molar refractivity (Wildman–Crippen MR) is 66.9 cm³/mol. The van der Waals surface area contributed by atoms with Gasteiger partial charge in [0.15, 0.2) is 0 Å². The zero-order chi connectivity index (χ0) is 11.0. The summed E-state index contributed by atoms with van der Waals surface area (Å²) in [6.07, 6.45) is 0.